The molecule has 1 rings (SSSR count). The maximum absolute atomic E-state index is 5.46. The van der Waals surface area contributed by atoms with Crippen molar-refractivity contribution in [3.63, 3.8) is 0 Å². The van der Waals surface area contributed by atoms with E-state index in [0.29, 0.717) is 0 Å². The van der Waals surface area contributed by atoms with Gasteiger partial charge in [0.05, 0.1) is 6.04 Å². The summed E-state index contributed by atoms with van der Waals surface area (Å²) < 4.78 is 1.23. The van der Waals surface area contributed by atoms with E-state index in [9.17, 15) is 0 Å². The molecule has 1 atom stereocenters. The molecular weight excluding hydrogens is 287 g/mol. The third kappa shape index (κ3) is 3.29. The Kier molecular flexibility index (Phi) is 4.94. The second kappa shape index (κ2) is 6.02. The molecule has 0 aliphatic carbocycles. The van der Waals surface area contributed by atoms with Crippen molar-refractivity contribution in [3.05, 3.63) is 33.4 Å². The van der Waals surface area contributed by atoms with Gasteiger partial charge in [-0.1, -0.05) is 12.1 Å². The molecule has 0 saturated heterocycles. The van der Waals surface area contributed by atoms with E-state index in [2.05, 4.69) is 64.1 Å². The molecule has 0 heterocycles. The largest absolute Gasteiger partial charge is 0.271 e. The van der Waals surface area contributed by atoms with Gasteiger partial charge in [0, 0.05) is 9.99 Å². The van der Waals surface area contributed by atoms with Gasteiger partial charge in [-0.3, -0.25) is 11.3 Å². The fraction of sp³-hybridized carbons (Fsp3) is 0.273. The Balaban J connectivity index is 2.76. The van der Waals surface area contributed by atoms with Crippen LogP contribution in [0.2, 0.25) is 0 Å². The highest BCUT2D eigenvalue weighted by Gasteiger charge is 2.06. The standard InChI is InChI=1S/C11H13IN2/c1-2-3-4-11(14-13)9-5-7-10(12)8-6-9/h5-8,11,14H,4,13H2,1H3. The van der Waals surface area contributed by atoms with E-state index in [0.717, 1.165) is 6.42 Å². The zero-order valence-electron chi connectivity index (χ0n) is 8.05. The minimum absolute atomic E-state index is 0.124. The smallest absolute Gasteiger partial charge is 0.0569 e. The molecule has 0 bridgehead atoms. The monoisotopic (exact) mass is 300 g/mol. The van der Waals surface area contributed by atoms with Crippen LogP contribution in [0.25, 0.3) is 0 Å². The molecule has 1 aromatic rings. The summed E-state index contributed by atoms with van der Waals surface area (Å²) in [7, 11) is 0. The highest BCUT2D eigenvalue weighted by molar-refractivity contribution is 14.1. The molecule has 0 amide bonds. The Labute approximate surface area is 98.4 Å². The van der Waals surface area contributed by atoms with Crippen LogP contribution < -0.4 is 11.3 Å². The molecule has 3 N–H and O–H groups in total. The lowest BCUT2D eigenvalue weighted by Crippen LogP contribution is -2.27. The number of halogens is 1. The zero-order chi connectivity index (χ0) is 10.4. The van der Waals surface area contributed by atoms with Crippen molar-refractivity contribution in [2.75, 3.05) is 0 Å². The Bertz CT molecular complexity index is 335. The van der Waals surface area contributed by atoms with Gasteiger partial charge in [-0.05, 0) is 47.2 Å². The summed E-state index contributed by atoms with van der Waals surface area (Å²) in [5.74, 6) is 11.3. The molecule has 1 unspecified atom stereocenters. The number of hydrazine groups is 1. The highest BCUT2D eigenvalue weighted by Crippen LogP contribution is 2.16. The lowest BCUT2D eigenvalue weighted by molar-refractivity contribution is 0.568. The Morgan fingerprint density at radius 1 is 1.43 bits per heavy atom. The number of hydrogen-bond acceptors (Lipinski definition) is 2. The number of rotatable bonds is 3. The van der Waals surface area contributed by atoms with Gasteiger partial charge in [-0.15, -0.1) is 11.8 Å². The molecule has 0 aliphatic rings. The molecule has 0 aliphatic heterocycles. The normalized spacial score (nSPS) is 11.6. The van der Waals surface area contributed by atoms with Crippen LogP contribution in [0.4, 0.5) is 0 Å². The van der Waals surface area contributed by atoms with E-state index in [-0.39, 0.29) is 6.04 Å². The van der Waals surface area contributed by atoms with Gasteiger partial charge in [0.15, 0.2) is 0 Å². The molecule has 0 saturated carbocycles. The van der Waals surface area contributed by atoms with Gasteiger partial charge in [0.2, 0.25) is 0 Å². The minimum Gasteiger partial charge on any atom is -0.271 e. The van der Waals surface area contributed by atoms with Crippen molar-refractivity contribution < 1.29 is 0 Å². The van der Waals surface area contributed by atoms with Gasteiger partial charge in [0.1, 0.15) is 0 Å². The molecule has 3 heteroatoms. The van der Waals surface area contributed by atoms with Gasteiger partial charge >= 0.3 is 0 Å². The van der Waals surface area contributed by atoms with E-state index in [4.69, 9.17) is 5.84 Å². The van der Waals surface area contributed by atoms with Crippen molar-refractivity contribution in [3.8, 4) is 11.8 Å². The van der Waals surface area contributed by atoms with Crippen LogP contribution in [0.1, 0.15) is 24.9 Å². The summed E-state index contributed by atoms with van der Waals surface area (Å²) in [6, 6.07) is 8.41. The average Bonchev–Trinajstić information content (AvgIpc) is 2.21. The molecule has 14 heavy (non-hydrogen) atoms. The molecule has 2 nitrogen and oxygen atoms in total. The van der Waals surface area contributed by atoms with Crippen molar-refractivity contribution in [2.24, 2.45) is 5.84 Å². The van der Waals surface area contributed by atoms with E-state index in [1.165, 1.54) is 9.13 Å². The third-order valence-electron chi connectivity index (χ3n) is 1.96. The van der Waals surface area contributed by atoms with Crippen LogP contribution >= 0.6 is 22.6 Å². The second-order valence-electron chi connectivity index (χ2n) is 2.90. The highest BCUT2D eigenvalue weighted by atomic mass is 127. The van der Waals surface area contributed by atoms with Crippen LogP contribution in [0.15, 0.2) is 24.3 Å². The first-order valence-corrected chi connectivity index (χ1v) is 5.47. The topological polar surface area (TPSA) is 38.0 Å². The molecule has 0 aromatic heterocycles. The van der Waals surface area contributed by atoms with Crippen LogP contribution in [-0.4, -0.2) is 0 Å². The molecule has 1 aromatic carbocycles. The first-order valence-electron chi connectivity index (χ1n) is 4.39. The SMILES string of the molecule is CC#CCC(NN)c1ccc(I)cc1. The van der Waals surface area contributed by atoms with Crippen molar-refractivity contribution in [1.82, 2.24) is 5.43 Å². The predicted octanol–water partition coefficient (Wildman–Crippen LogP) is 2.21. The van der Waals surface area contributed by atoms with Gasteiger partial charge in [0.25, 0.3) is 0 Å². The minimum atomic E-state index is 0.124. The van der Waals surface area contributed by atoms with E-state index >= 15 is 0 Å². The van der Waals surface area contributed by atoms with Crippen molar-refractivity contribution >= 4 is 22.6 Å². The Morgan fingerprint density at radius 3 is 2.57 bits per heavy atom. The van der Waals surface area contributed by atoms with E-state index in [1.54, 1.807) is 0 Å². The Hall–Kier alpha value is -0.570. The number of hydrogen-bond donors (Lipinski definition) is 2. The van der Waals surface area contributed by atoms with E-state index < -0.39 is 0 Å². The lowest BCUT2D eigenvalue weighted by Gasteiger charge is -2.12. The van der Waals surface area contributed by atoms with Gasteiger partial charge in [-0.25, -0.2) is 0 Å². The fourth-order valence-corrected chi connectivity index (χ4v) is 1.53. The van der Waals surface area contributed by atoms with Gasteiger partial charge in [-0.2, -0.15) is 0 Å². The number of benzene rings is 1. The maximum atomic E-state index is 5.46. The Morgan fingerprint density at radius 2 is 2.07 bits per heavy atom. The summed E-state index contributed by atoms with van der Waals surface area (Å²) >= 11 is 2.28. The van der Waals surface area contributed by atoms with Crippen LogP contribution in [0, 0.1) is 15.4 Å². The zero-order valence-corrected chi connectivity index (χ0v) is 10.2. The molecule has 74 valence electrons. The first kappa shape index (κ1) is 11.5. The predicted molar refractivity (Wildman–Crippen MR) is 67.3 cm³/mol. The number of nitrogens with two attached hydrogens (primary N) is 1. The fourth-order valence-electron chi connectivity index (χ4n) is 1.17. The first-order chi connectivity index (χ1) is 6.77. The molecule has 0 radical (unpaired) electrons. The van der Waals surface area contributed by atoms with E-state index in [1.807, 2.05) is 6.92 Å². The molecule has 0 spiro atoms. The lowest BCUT2D eigenvalue weighted by atomic mass is 10.1. The summed E-state index contributed by atoms with van der Waals surface area (Å²) in [4.78, 5) is 0. The van der Waals surface area contributed by atoms with Crippen molar-refractivity contribution in [1.29, 1.82) is 0 Å². The second-order valence-corrected chi connectivity index (χ2v) is 4.15. The van der Waals surface area contributed by atoms with Gasteiger partial charge < -0.3 is 0 Å². The maximum Gasteiger partial charge on any atom is 0.0569 e. The van der Waals surface area contributed by atoms with Crippen LogP contribution in [0.5, 0.6) is 0 Å². The van der Waals surface area contributed by atoms with Crippen LogP contribution in [-0.2, 0) is 0 Å². The summed E-state index contributed by atoms with van der Waals surface area (Å²) in [6.07, 6.45) is 0.744. The third-order valence-corrected chi connectivity index (χ3v) is 2.68. The summed E-state index contributed by atoms with van der Waals surface area (Å²) in [6.45, 7) is 1.83. The summed E-state index contributed by atoms with van der Waals surface area (Å²) in [5.41, 5.74) is 3.94. The molecule has 0 fully saturated rings. The number of nitrogens with one attached hydrogen (secondary N) is 1. The van der Waals surface area contributed by atoms with Crippen LogP contribution in [0.3, 0.4) is 0 Å². The average molecular weight is 300 g/mol. The quantitative estimate of drug-likeness (QED) is 0.389. The summed E-state index contributed by atoms with van der Waals surface area (Å²) in [5, 5.41) is 0. The molecular formula is C11H13IN2. The van der Waals surface area contributed by atoms with Crippen molar-refractivity contribution in [2.45, 2.75) is 19.4 Å².